The summed E-state index contributed by atoms with van der Waals surface area (Å²) in [6, 6.07) is 11.1. The molecule has 0 amide bonds. The first-order valence-corrected chi connectivity index (χ1v) is 9.40. The Morgan fingerprint density at radius 1 is 1.14 bits per heavy atom. The van der Waals surface area contributed by atoms with E-state index in [1.54, 1.807) is 17.5 Å². The number of rotatable bonds is 4. The maximum atomic E-state index is 12.2. The molecule has 0 unspecified atom stereocenters. The van der Waals surface area contributed by atoms with E-state index in [-0.39, 0.29) is 28.9 Å². The summed E-state index contributed by atoms with van der Waals surface area (Å²) >= 11 is 1.17. The van der Waals surface area contributed by atoms with Gasteiger partial charge in [-0.15, -0.1) is 11.3 Å². The molecule has 4 rings (SSSR count). The highest BCUT2D eigenvalue weighted by molar-refractivity contribution is 7.91. The molecule has 116 valence electrons. The minimum atomic E-state index is -3.52. The molecule has 2 N–H and O–H groups in total. The lowest BCUT2D eigenvalue weighted by Crippen LogP contribution is -2.37. The summed E-state index contributed by atoms with van der Waals surface area (Å²) in [6.07, 6.45) is -1.29. The third kappa shape index (κ3) is 2.12. The third-order valence-electron chi connectivity index (χ3n) is 4.31. The highest BCUT2D eigenvalue weighted by Gasteiger charge is 2.51. The standard InChI is InChI=1S/C15H15NO4S2/c17-13-11(8-16-22(18,19)12-6-3-7-21-12)14-9-4-1-2-5-10(9)15(13)20-14/h1-7,11,13-17H,8H2/t11-,13+,14+,15-/m1/s1. The molecule has 7 heteroatoms. The second-order valence-electron chi connectivity index (χ2n) is 5.54. The van der Waals surface area contributed by atoms with Crippen molar-refractivity contribution in [3.05, 3.63) is 52.9 Å². The first kappa shape index (κ1) is 14.3. The van der Waals surface area contributed by atoms with Crippen LogP contribution in [0.25, 0.3) is 0 Å². The van der Waals surface area contributed by atoms with Crippen LogP contribution in [0.2, 0.25) is 0 Å². The van der Waals surface area contributed by atoms with Gasteiger partial charge in [0.1, 0.15) is 10.3 Å². The summed E-state index contributed by atoms with van der Waals surface area (Å²) in [7, 11) is -3.52. The molecule has 2 bridgehead atoms. The average molecular weight is 337 g/mol. The first-order valence-electron chi connectivity index (χ1n) is 7.03. The molecule has 22 heavy (non-hydrogen) atoms. The molecule has 1 saturated heterocycles. The topological polar surface area (TPSA) is 75.6 Å². The molecule has 2 aliphatic rings. The Labute approximate surface area is 132 Å². The number of fused-ring (bicyclic) bond motifs is 5. The van der Waals surface area contributed by atoms with Crippen molar-refractivity contribution >= 4 is 21.4 Å². The van der Waals surface area contributed by atoms with Gasteiger partial charge in [0.25, 0.3) is 0 Å². The molecule has 1 aromatic heterocycles. The number of thiophene rings is 1. The fraction of sp³-hybridized carbons (Fsp3) is 0.333. The van der Waals surface area contributed by atoms with E-state index in [0.29, 0.717) is 0 Å². The molecular formula is C15H15NO4S2. The number of hydrogen-bond donors (Lipinski definition) is 2. The summed E-state index contributed by atoms with van der Waals surface area (Å²) in [5, 5.41) is 12.1. The maximum absolute atomic E-state index is 12.2. The summed E-state index contributed by atoms with van der Waals surface area (Å²) < 4.78 is 33.1. The van der Waals surface area contributed by atoms with Crippen LogP contribution in [0.5, 0.6) is 0 Å². The molecule has 2 aliphatic heterocycles. The smallest absolute Gasteiger partial charge is 0.250 e. The Morgan fingerprint density at radius 3 is 2.55 bits per heavy atom. The van der Waals surface area contributed by atoms with Crippen LogP contribution < -0.4 is 4.72 Å². The Bertz CT molecular complexity index is 788. The maximum Gasteiger partial charge on any atom is 0.250 e. The van der Waals surface area contributed by atoms with Crippen molar-refractivity contribution in [2.75, 3.05) is 6.54 Å². The molecule has 4 atom stereocenters. The predicted octanol–water partition coefficient (Wildman–Crippen LogP) is 1.83. The van der Waals surface area contributed by atoms with E-state index in [1.165, 1.54) is 11.3 Å². The van der Waals surface area contributed by atoms with Gasteiger partial charge in [0.2, 0.25) is 10.0 Å². The quantitative estimate of drug-likeness (QED) is 0.892. The van der Waals surface area contributed by atoms with Gasteiger partial charge >= 0.3 is 0 Å². The Balaban J connectivity index is 1.54. The van der Waals surface area contributed by atoms with Crippen molar-refractivity contribution in [1.82, 2.24) is 4.72 Å². The zero-order chi connectivity index (χ0) is 15.3. The number of nitrogens with one attached hydrogen (secondary N) is 1. The molecule has 0 radical (unpaired) electrons. The highest BCUT2D eigenvalue weighted by Crippen LogP contribution is 2.53. The molecule has 2 aromatic rings. The Kier molecular flexibility index (Phi) is 3.35. The number of aliphatic hydroxyl groups excluding tert-OH is 1. The molecule has 0 spiro atoms. The molecule has 0 saturated carbocycles. The van der Waals surface area contributed by atoms with Gasteiger partial charge in [-0.25, -0.2) is 13.1 Å². The zero-order valence-electron chi connectivity index (χ0n) is 11.5. The van der Waals surface area contributed by atoms with Crippen LogP contribution in [0.3, 0.4) is 0 Å². The molecular weight excluding hydrogens is 322 g/mol. The van der Waals surface area contributed by atoms with Crippen molar-refractivity contribution in [2.24, 2.45) is 5.92 Å². The lowest BCUT2D eigenvalue weighted by molar-refractivity contribution is 0.0299. The van der Waals surface area contributed by atoms with E-state index in [9.17, 15) is 13.5 Å². The van der Waals surface area contributed by atoms with Crippen LogP contribution in [0.1, 0.15) is 23.3 Å². The zero-order valence-corrected chi connectivity index (χ0v) is 13.2. The monoisotopic (exact) mass is 337 g/mol. The molecule has 1 fully saturated rings. The van der Waals surface area contributed by atoms with Crippen LogP contribution >= 0.6 is 11.3 Å². The molecule has 3 heterocycles. The van der Waals surface area contributed by atoms with Crippen molar-refractivity contribution < 1.29 is 18.3 Å². The minimum absolute atomic E-state index is 0.164. The van der Waals surface area contributed by atoms with Gasteiger partial charge in [0.05, 0.1) is 12.2 Å². The second-order valence-corrected chi connectivity index (χ2v) is 8.49. The number of aliphatic hydroxyl groups is 1. The Morgan fingerprint density at radius 2 is 1.86 bits per heavy atom. The second kappa shape index (κ2) is 5.14. The Hall–Kier alpha value is -1.25. The number of benzene rings is 1. The molecule has 5 nitrogen and oxygen atoms in total. The van der Waals surface area contributed by atoms with E-state index in [2.05, 4.69) is 4.72 Å². The van der Waals surface area contributed by atoms with E-state index < -0.39 is 16.1 Å². The van der Waals surface area contributed by atoms with Crippen molar-refractivity contribution in [2.45, 2.75) is 22.5 Å². The van der Waals surface area contributed by atoms with Crippen molar-refractivity contribution in [3.63, 3.8) is 0 Å². The van der Waals surface area contributed by atoms with Crippen LogP contribution in [0.4, 0.5) is 0 Å². The normalized spacial score (nSPS) is 29.7. The van der Waals surface area contributed by atoms with Gasteiger partial charge in [0, 0.05) is 12.5 Å². The first-order chi connectivity index (χ1) is 10.6. The molecule has 1 aromatic carbocycles. The SMILES string of the molecule is O=S(=O)(NC[C@@H]1[C@H](O)[C@@H]2O[C@H]1c1ccccc12)c1cccs1. The summed E-state index contributed by atoms with van der Waals surface area (Å²) in [4.78, 5) is 0. The fourth-order valence-corrected chi connectivity index (χ4v) is 5.36. The summed E-state index contributed by atoms with van der Waals surface area (Å²) in [5.74, 6) is -0.269. The minimum Gasteiger partial charge on any atom is -0.390 e. The van der Waals surface area contributed by atoms with Gasteiger partial charge in [0.15, 0.2) is 0 Å². The average Bonchev–Trinajstić information content (AvgIpc) is 3.22. The van der Waals surface area contributed by atoms with Gasteiger partial charge in [-0.05, 0) is 22.6 Å². The van der Waals surface area contributed by atoms with E-state index in [1.807, 2.05) is 24.3 Å². The van der Waals surface area contributed by atoms with Crippen molar-refractivity contribution in [1.29, 1.82) is 0 Å². The lowest BCUT2D eigenvalue weighted by atomic mass is 9.82. The van der Waals surface area contributed by atoms with E-state index in [0.717, 1.165) is 11.1 Å². The van der Waals surface area contributed by atoms with Crippen LogP contribution in [-0.2, 0) is 14.8 Å². The van der Waals surface area contributed by atoms with E-state index in [4.69, 9.17) is 4.74 Å². The number of ether oxygens (including phenoxy) is 1. The number of sulfonamides is 1. The van der Waals surface area contributed by atoms with Gasteiger partial charge in [-0.3, -0.25) is 0 Å². The summed E-state index contributed by atoms with van der Waals surface area (Å²) in [5.41, 5.74) is 2.07. The van der Waals surface area contributed by atoms with Crippen molar-refractivity contribution in [3.8, 4) is 0 Å². The predicted molar refractivity (Wildman–Crippen MR) is 82.0 cm³/mol. The summed E-state index contributed by atoms with van der Waals surface area (Å²) in [6.45, 7) is 0.164. The van der Waals surface area contributed by atoms with Gasteiger partial charge in [-0.2, -0.15) is 0 Å². The van der Waals surface area contributed by atoms with Crippen LogP contribution in [0.15, 0.2) is 46.0 Å². The van der Waals surface area contributed by atoms with Gasteiger partial charge < -0.3 is 9.84 Å². The fourth-order valence-electron chi connectivity index (χ4n) is 3.25. The molecule has 0 aliphatic carbocycles. The third-order valence-corrected chi connectivity index (χ3v) is 7.13. The highest BCUT2D eigenvalue weighted by atomic mass is 32.2. The largest absolute Gasteiger partial charge is 0.390 e. The van der Waals surface area contributed by atoms with Crippen LogP contribution in [0, 0.1) is 5.92 Å². The van der Waals surface area contributed by atoms with E-state index >= 15 is 0 Å². The van der Waals surface area contributed by atoms with Crippen LogP contribution in [-0.4, -0.2) is 26.2 Å². The van der Waals surface area contributed by atoms with Gasteiger partial charge in [-0.1, -0.05) is 30.3 Å². The number of hydrogen-bond acceptors (Lipinski definition) is 5. The lowest BCUT2D eigenvalue weighted by Gasteiger charge is -2.25.